The van der Waals surface area contributed by atoms with Crippen molar-refractivity contribution in [1.82, 2.24) is 15.1 Å². The van der Waals surface area contributed by atoms with Gasteiger partial charge in [0, 0.05) is 55.7 Å². The van der Waals surface area contributed by atoms with E-state index in [4.69, 9.17) is 4.74 Å². The molecule has 2 heterocycles. The standard InChI is InChI=1S/C31H37FN6O4S/c1-4-38(15-14-37(2)3)23-8-10-26(29(19-23)33-22-12-16-42-17-13-22)31(39)34-30-27-20-25(9-11-28(27)35-36-30)43(40,41)24-7-5-6-21(32)18-24/h5-11,18-20,22,33H,4,12-17H2,1-3H3,(H2,34,35,36,39). The van der Waals surface area contributed by atoms with Gasteiger partial charge in [-0.1, -0.05) is 6.07 Å². The van der Waals surface area contributed by atoms with Crippen molar-refractivity contribution in [2.45, 2.75) is 35.6 Å². The average molecular weight is 609 g/mol. The third-order valence-corrected chi connectivity index (χ3v) is 9.32. The number of aromatic amines is 1. The highest BCUT2D eigenvalue weighted by molar-refractivity contribution is 7.91. The molecule has 1 aliphatic rings. The van der Waals surface area contributed by atoms with Gasteiger partial charge in [0.25, 0.3) is 5.91 Å². The molecule has 1 aliphatic heterocycles. The second-order valence-electron chi connectivity index (χ2n) is 10.8. The van der Waals surface area contributed by atoms with E-state index in [1.165, 1.54) is 30.3 Å². The number of hydrogen-bond donors (Lipinski definition) is 3. The predicted octanol–water partition coefficient (Wildman–Crippen LogP) is 4.77. The Hall–Kier alpha value is -4.00. The van der Waals surface area contributed by atoms with Crippen LogP contribution in [0.1, 0.15) is 30.1 Å². The van der Waals surface area contributed by atoms with Gasteiger partial charge < -0.3 is 25.2 Å². The normalized spacial score (nSPS) is 14.3. The zero-order valence-corrected chi connectivity index (χ0v) is 25.4. The van der Waals surface area contributed by atoms with E-state index in [1.807, 2.05) is 26.2 Å². The quantitative estimate of drug-likeness (QED) is 0.223. The number of H-pyrrole nitrogens is 1. The maximum atomic E-state index is 13.8. The number of carbonyl (C=O) groups excluding carboxylic acids is 1. The number of likely N-dealkylation sites (N-methyl/N-ethyl adjacent to an activating group) is 2. The van der Waals surface area contributed by atoms with Gasteiger partial charge in [-0.25, -0.2) is 12.8 Å². The van der Waals surface area contributed by atoms with Gasteiger partial charge in [0.2, 0.25) is 9.84 Å². The Morgan fingerprint density at radius 1 is 1.05 bits per heavy atom. The summed E-state index contributed by atoms with van der Waals surface area (Å²) in [5.74, 6) is -0.836. The van der Waals surface area contributed by atoms with Crippen LogP contribution >= 0.6 is 0 Å². The number of fused-ring (bicyclic) bond motifs is 1. The summed E-state index contributed by atoms with van der Waals surface area (Å²) < 4.78 is 45.8. The van der Waals surface area contributed by atoms with Gasteiger partial charge in [-0.2, -0.15) is 5.10 Å². The highest BCUT2D eigenvalue weighted by Gasteiger charge is 2.23. The van der Waals surface area contributed by atoms with Crippen LogP contribution in [0.25, 0.3) is 10.9 Å². The number of halogens is 1. The molecular formula is C31H37FN6O4S. The second kappa shape index (κ2) is 13.1. The molecule has 0 radical (unpaired) electrons. The van der Waals surface area contributed by atoms with Crippen LogP contribution in [0.5, 0.6) is 0 Å². The molecule has 0 spiro atoms. The van der Waals surface area contributed by atoms with Crippen LogP contribution in [-0.4, -0.2) is 82.4 Å². The van der Waals surface area contributed by atoms with Crippen molar-refractivity contribution < 1.29 is 22.3 Å². The maximum Gasteiger partial charge on any atom is 0.258 e. The molecule has 3 N–H and O–H groups in total. The molecule has 3 aromatic carbocycles. The maximum absolute atomic E-state index is 13.8. The number of benzene rings is 3. The van der Waals surface area contributed by atoms with Gasteiger partial charge >= 0.3 is 0 Å². The van der Waals surface area contributed by atoms with Crippen LogP contribution in [-0.2, 0) is 14.6 Å². The van der Waals surface area contributed by atoms with Crippen LogP contribution in [0.15, 0.2) is 70.5 Å². The molecule has 228 valence electrons. The van der Waals surface area contributed by atoms with E-state index in [-0.39, 0.29) is 27.6 Å². The molecule has 4 aromatic rings. The van der Waals surface area contributed by atoms with Crippen LogP contribution in [0.4, 0.5) is 21.6 Å². The minimum atomic E-state index is -4.00. The Morgan fingerprint density at radius 2 is 1.81 bits per heavy atom. The fourth-order valence-corrected chi connectivity index (χ4v) is 6.42. The molecule has 43 heavy (non-hydrogen) atoms. The Morgan fingerprint density at radius 3 is 2.53 bits per heavy atom. The molecular weight excluding hydrogens is 571 g/mol. The third kappa shape index (κ3) is 6.98. The van der Waals surface area contributed by atoms with Gasteiger partial charge in [0.05, 0.1) is 20.9 Å². The molecule has 1 fully saturated rings. The average Bonchev–Trinajstić information content (AvgIpc) is 3.39. The molecule has 1 aromatic heterocycles. The number of nitrogens with zero attached hydrogens (tertiary/aromatic N) is 3. The predicted molar refractivity (Wildman–Crippen MR) is 166 cm³/mol. The SMILES string of the molecule is CCN(CCN(C)C)c1ccc(C(=O)Nc2n[nH]c3ccc(S(=O)(=O)c4cccc(F)c4)cc23)c(NC2CCOCC2)c1. The van der Waals surface area contributed by atoms with E-state index in [9.17, 15) is 17.6 Å². The first-order valence-corrected chi connectivity index (χ1v) is 15.8. The number of anilines is 3. The smallest absolute Gasteiger partial charge is 0.258 e. The van der Waals surface area contributed by atoms with Gasteiger partial charge in [-0.05, 0) is 88.5 Å². The fraction of sp³-hybridized carbons (Fsp3) is 0.355. The minimum absolute atomic E-state index is 0.0360. The summed E-state index contributed by atoms with van der Waals surface area (Å²) in [6.45, 7) is 5.96. The molecule has 1 saturated heterocycles. The Balaban J connectivity index is 1.45. The lowest BCUT2D eigenvalue weighted by Crippen LogP contribution is -2.32. The van der Waals surface area contributed by atoms with Crippen molar-refractivity contribution in [2.75, 3.05) is 62.5 Å². The summed E-state index contributed by atoms with van der Waals surface area (Å²) >= 11 is 0. The van der Waals surface area contributed by atoms with E-state index in [1.54, 1.807) is 12.1 Å². The Kier molecular flexibility index (Phi) is 9.28. The summed E-state index contributed by atoms with van der Waals surface area (Å²) in [5.41, 5.74) is 2.70. The van der Waals surface area contributed by atoms with Gasteiger partial charge in [0.1, 0.15) is 5.82 Å². The highest BCUT2D eigenvalue weighted by atomic mass is 32.2. The molecule has 0 bridgehead atoms. The van der Waals surface area contributed by atoms with Crippen LogP contribution < -0.4 is 15.5 Å². The summed E-state index contributed by atoms with van der Waals surface area (Å²) in [7, 11) is 0.0800. The van der Waals surface area contributed by atoms with Crippen LogP contribution in [0.2, 0.25) is 0 Å². The molecule has 0 saturated carbocycles. The number of ether oxygens (including phenoxy) is 1. The lowest BCUT2D eigenvalue weighted by Gasteiger charge is -2.28. The highest BCUT2D eigenvalue weighted by Crippen LogP contribution is 2.30. The molecule has 12 heteroatoms. The van der Waals surface area contributed by atoms with Gasteiger partial charge in [-0.15, -0.1) is 0 Å². The molecule has 5 rings (SSSR count). The molecule has 0 atom stereocenters. The first-order valence-electron chi connectivity index (χ1n) is 14.3. The number of carbonyl (C=O) groups is 1. The first-order chi connectivity index (χ1) is 20.7. The lowest BCUT2D eigenvalue weighted by molar-refractivity contribution is 0.0904. The first kappa shape index (κ1) is 30.5. The molecule has 0 unspecified atom stereocenters. The Bertz CT molecular complexity index is 1700. The van der Waals surface area contributed by atoms with E-state index >= 15 is 0 Å². The monoisotopic (exact) mass is 608 g/mol. The molecule has 1 amide bonds. The minimum Gasteiger partial charge on any atom is -0.381 e. The molecule has 10 nitrogen and oxygen atoms in total. The van der Waals surface area contributed by atoms with Crippen molar-refractivity contribution in [3.8, 4) is 0 Å². The number of sulfone groups is 1. The van der Waals surface area contributed by atoms with Crippen molar-refractivity contribution in [2.24, 2.45) is 0 Å². The third-order valence-electron chi connectivity index (χ3n) is 7.58. The number of hydrogen-bond acceptors (Lipinski definition) is 8. The number of rotatable bonds is 11. The fourth-order valence-electron chi connectivity index (χ4n) is 5.10. The Labute approximate surface area is 251 Å². The van der Waals surface area contributed by atoms with Crippen LogP contribution in [0.3, 0.4) is 0 Å². The number of nitrogens with one attached hydrogen (secondary N) is 3. The lowest BCUT2D eigenvalue weighted by atomic mass is 10.1. The second-order valence-corrected chi connectivity index (χ2v) is 12.8. The number of amides is 1. The van der Waals surface area contributed by atoms with Gasteiger partial charge in [0.15, 0.2) is 5.82 Å². The van der Waals surface area contributed by atoms with E-state index in [0.29, 0.717) is 35.4 Å². The van der Waals surface area contributed by atoms with E-state index < -0.39 is 15.7 Å². The van der Waals surface area contributed by atoms with Crippen LogP contribution in [0, 0.1) is 5.82 Å². The zero-order chi connectivity index (χ0) is 30.6. The summed E-state index contributed by atoms with van der Waals surface area (Å²) in [4.78, 5) is 17.9. The van der Waals surface area contributed by atoms with Crippen molar-refractivity contribution in [3.05, 3.63) is 72.0 Å². The summed E-state index contributed by atoms with van der Waals surface area (Å²) in [5, 5.41) is 14.0. The summed E-state index contributed by atoms with van der Waals surface area (Å²) in [6.07, 6.45) is 1.66. The largest absolute Gasteiger partial charge is 0.381 e. The van der Waals surface area contributed by atoms with Crippen molar-refractivity contribution in [1.29, 1.82) is 0 Å². The summed E-state index contributed by atoms with van der Waals surface area (Å²) in [6, 6.07) is 15.2. The molecule has 0 aliphatic carbocycles. The van der Waals surface area contributed by atoms with Crippen molar-refractivity contribution in [3.63, 3.8) is 0 Å². The van der Waals surface area contributed by atoms with E-state index in [0.717, 1.165) is 44.2 Å². The number of aromatic nitrogens is 2. The topological polar surface area (TPSA) is 120 Å². The van der Waals surface area contributed by atoms with Gasteiger partial charge in [-0.3, -0.25) is 9.89 Å². The zero-order valence-electron chi connectivity index (χ0n) is 24.6. The van der Waals surface area contributed by atoms with Crippen molar-refractivity contribution >= 4 is 43.8 Å². The van der Waals surface area contributed by atoms with E-state index in [2.05, 4.69) is 37.6 Å².